The number of hydrogen-bond donors (Lipinski definition) is 0. The molecule has 0 fully saturated rings. The van der Waals surface area contributed by atoms with Gasteiger partial charge in [0.15, 0.2) is 0 Å². The number of fused-ring (bicyclic) bond motifs is 7. The Morgan fingerprint density at radius 1 is 0.385 bits per heavy atom. The fourth-order valence-corrected chi connectivity index (χ4v) is 9.09. The molecule has 0 saturated carbocycles. The summed E-state index contributed by atoms with van der Waals surface area (Å²) < 4.78 is 4.86. The Morgan fingerprint density at radius 2 is 0.885 bits per heavy atom. The molecule has 0 unspecified atom stereocenters. The normalized spacial score (nSPS) is 15.1. The van der Waals surface area contributed by atoms with Crippen molar-refractivity contribution in [3.05, 3.63) is 169 Å². The lowest BCUT2D eigenvalue weighted by molar-refractivity contribution is 0.332. The molecule has 0 amide bonds. The highest BCUT2D eigenvalue weighted by Gasteiger charge is 2.37. The predicted molar refractivity (Wildman–Crippen MR) is 221 cm³/mol. The number of hydrogen-bond acceptors (Lipinski definition) is 0. The zero-order valence-electron chi connectivity index (χ0n) is 30.3. The average Bonchev–Trinajstić information content (AvgIpc) is 3.69. The highest BCUT2D eigenvalue weighted by atomic mass is 15.0. The molecule has 0 aliphatic heterocycles. The van der Waals surface area contributed by atoms with Crippen molar-refractivity contribution in [2.24, 2.45) is 0 Å². The first-order valence-electron chi connectivity index (χ1n) is 18.7. The molecule has 0 N–H and O–H groups in total. The maximum Gasteiger partial charge on any atom is 0.0541 e. The molecular weight excluding hydrogens is 629 g/mol. The Labute approximate surface area is 305 Å². The van der Waals surface area contributed by atoms with Gasteiger partial charge in [-0.05, 0) is 106 Å². The van der Waals surface area contributed by atoms with E-state index in [1.54, 1.807) is 0 Å². The summed E-state index contributed by atoms with van der Waals surface area (Å²) in [7, 11) is 0. The molecule has 252 valence electrons. The van der Waals surface area contributed by atoms with Crippen LogP contribution in [0, 0.1) is 0 Å². The maximum atomic E-state index is 2.49. The lowest BCUT2D eigenvalue weighted by atomic mass is 9.63. The molecule has 7 aromatic carbocycles. The van der Waals surface area contributed by atoms with E-state index in [0.717, 1.165) is 0 Å². The third-order valence-corrected chi connectivity index (χ3v) is 12.0. The van der Waals surface area contributed by atoms with Crippen LogP contribution in [0.4, 0.5) is 0 Å². The van der Waals surface area contributed by atoms with Crippen molar-refractivity contribution in [3.63, 3.8) is 0 Å². The SMILES string of the molecule is CC1(C)CCC(C)(C)c2cc(-c3ccccc3-n3c4ccccc4c4cc(-c5ccc6c(c5)c5ccccc5n6-c5ccccc5)ccc43)ccc21. The van der Waals surface area contributed by atoms with Gasteiger partial charge in [0.25, 0.3) is 0 Å². The summed E-state index contributed by atoms with van der Waals surface area (Å²) in [5.74, 6) is 0. The van der Waals surface area contributed by atoms with E-state index in [4.69, 9.17) is 0 Å². The summed E-state index contributed by atoms with van der Waals surface area (Å²) in [5, 5.41) is 5.07. The Morgan fingerprint density at radius 3 is 1.56 bits per heavy atom. The van der Waals surface area contributed by atoms with Crippen LogP contribution in [0.15, 0.2) is 158 Å². The minimum atomic E-state index is 0.151. The molecule has 9 aromatic rings. The fraction of sp³-hybridized carbons (Fsp3) is 0.160. The number of benzene rings is 7. The molecule has 0 atom stereocenters. The molecule has 0 spiro atoms. The van der Waals surface area contributed by atoms with Gasteiger partial charge < -0.3 is 9.13 Å². The Bertz CT molecular complexity index is 2840. The zero-order valence-corrected chi connectivity index (χ0v) is 30.3. The van der Waals surface area contributed by atoms with Gasteiger partial charge in [-0.3, -0.25) is 0 Å². The standard InChI is InChI=1S/C50H42N2/c1-49(2)28-29-50(3,4)43-32-35(22-25-42(43)49)37-16-8-11-19-44(37)52-46-21-13-10-18-39(46)41-31-34(24-27-48(41)52)33-23-26-47-40(30-33)38-17-9-12-20-45(38)51(47)36-14-6-5-7-15-36/h5-27,30-32H,28-29H2,1-4H3. The Kier molecular flexibility index (Phi) is 6.73. The number of para-hydroxylation sites is 4. The monoisotopic (exact) mass is 670 g/mol. The molecule has 2 nitrogen and oxygen atoms in total. The molecule has 0 saturated heterocycles. The third-order valence-electron chi connectivity index (χ3n) is 12.0. The molecule has 0 radical (unpaired) electrons. The first-order valence-corrected chi connectivity index (χ1v) is 18.7. The molecule has 0 bridgehead atoms. The molecule has 2 heterocycles. The van der Waals surface area contributed by atoms with Crippen molar-refractivity contribution in [1.82, 2.24) is 9.13 Å². The molecule has 2 heteroatoms. The summed E-state index contributed by atoms with van der Waals surface area (Å²) in [6.07, 6.45) is 2.42. The minimum Gasteiger partial charge on any atom is -0.309 e. The van der Waals surface area contributed by atoms with E-state index in [1.165, 1.54) is 101 Å². The minimum absolute atomic E-state index is 0.151. The van der Waals surface area contributed by atoms with Crippen LogP contribution in [0.5, 0.6) is 0 Å². The summed E-state index contributed by atoms with van der Waals surface area (Å²) in [5.41, 5.74) is 15.6. The lowest BCUT2D eigenvalue weighted by Gasteiger charge is -2.42. The van der Waals surface area contributed by atoms with Gasteiger partial charge in [-0.15, -0.1) is 0 Å². The molecular formula is C50H42N2. The zero-order chi connectivity index (χ0) is 35.2. The van der Waals surface area contributed by atoms with E-state index in [-0.39, 0.29) is 10.8 Å². The van der Waals surface area contributed by atoms with Crippen LogP contribution in [0.2, 0.25) is 0 Å². The maximum absolute atomic E-state index is 2.49. The van der Waals surface area contributed by atoms with Crippen molar-refractivity contribution < 1.29 is 0 Å². The second kappa shape index (κ2) is 11.3. The van der Waals surface area contributed by atoms with Crippen LogP contribution in [-0.2, 0) is 10.8 Å². The summed E-state index contributed by atoms with van der Waals surface area (Å²) in [6.45, 7) is 9.64. The van der Waals surface area contributed by atoms with Gasteiger partial charge >= 0.3 is 0 Å². The first-order chi connectivity index (χ1) is 25.3. The largest absolute Gasteiger partial charge is 0.309 e. The van der Waals surface area contributed by atoms with Gasteiger partial charge in [0, 0.05) is 32.8 Å². The van der Waals surface area contributed by atoms with Crippen LogP contribution in [0.25, 0.3) is 77.2 Å². The van der Waals surface area contributed by atoms with Gasteiger partial charge in [0.1, 0.15) is 0 Å². The van der Waals surface area contributed by atoms with Gasteiger partial charge in [0.2, 0.25) is 0 Å². The number of rotatable bonds is 4. The number of aromatic nitrogens is 2. The third kappa shape index (κ3) is 4.63. The van der Waals surface area contributed by atoms with Crippen molar-refractivity contribution in [2.75, 3.05) is 0 Å². The molecule has 52 heavy (non-hydrogen) atoms. The fourth-order valence-electron chi connectivity index (χ4n) is 9.09. The van der Waals surface area contributed by atoms with Crippen molar-refractivity contribution in [3.8, 4) is 33.6 Å². The highest BCUT2D eigenvalue weighted by Crippen LogP contribution is 2.48. The van der Waals surface area contributed by atoms with E-state index >= 15 is 0 Å². The molecule has 1 aliphatic rings. The van der Waals surface area contributed by atoms with E-state index in [0.29, 0.717) is 0 Å². The second-order valence-corrected chi connectivity index (χ2v) is 16.0. The Balaban J connectivity index is 1.14. The van der Waals surface area contributed by atoms with Crippen LogP contribution < -0.4 is 0 Å². The molecule has 2 aromatic heterocycles. The van der Waals surface area contributed by atoms with Crippen molar-refractivity contribution >= 4 is 43.6 Å². The van der Waals surface area contributed by atoms with E-state index in [9.17, 15) is 0 Å². The number of nitrogens with zero attached hydrogens (tertiary/aromatic N) is 2. The smallest absolute Gasteiger partial charge is 0.0541 e. The van der Waals surface area contributed by atoms with Crippen LogP contribution in [0.1, 0.15) is 51.7 Å². The summed E-state index contributed by atoms with van der Waals surface area (Å²) in [6, 6.07) is 58.6. The van der Waals surface area contributed by atoms with Crippen molar-refractivity contribution in [2.45, 2.75) is 51.4 Å². The highest BCUT2D eigenvalue weighted by molar-refractivity contribution is 6.13. The van der Waals surface area contributed by atoms with Crippen molar-refractivity contribution in [1.29, 1.82) is 0 Å². The quantitative estimate of drug-likeness (QED) is 0.176. The van der Waals surface area contributed by atoms with Crippen LogP contribution in [-0.4, -0.2) is 9.13 Å². The van der Waals surface area contributed by atoms with Gasteiger partial charge in [-0.2, -0.15) is 0 Å². The molecule has 1 aliphatic carbocycles. The van der Waals surface area contributed by atoms with Crippen LogP contribution >= 0.6 is 0 Å². The Hall–Kier alpha value is -5.86. The second-order valence-electron chi connectivity index (χ2n) is 16.0. The van der Waals surface area contributed by atoms with E-state index in [2.05, 4.69) is 195 Å². The average molecular weight is 671 g/mol. The lowest BCUT2D eigenvalue weighted by Crippen LogP contribution is -2.33. The van der Waals surface area contributed by atoms with Gasteiger partial charge in [-0.25, -0.2) is 0 Å². The first kappa shape index (κ1) is 30.9. The van der Waals surface area contributed by atoms with E-state index < -0.39 is 0 Å². The summed E-state index contributed by atoms with van der Waals surface area (Å²) in [4.78, 5) is 0. The topological polar surface area (TPSA) is 9.86 Å². The van der Waals surface area contributed by atoms with E-state index in [1.807, 2.05) is 0 Å². The summed E-state index contributed by atoms with van der Waals surface area (Å²) >= 11 is 0. The van der Waals surface area contributed by atoms with Gasteiger partial charge in [-0.1, -0.05) is 131 Å². The predicted octanol–water partition coefficient (Wildman–Crippen LogP) is 13.6. The molecule has 10 rings (SSSR count). The van der Waals surface area contributed by atoms with Gasteiger partial charge in [0.05, 0.1) is 27.8 Å². The van der Waals surface area contributed by atoms with Crippen LogP contribution in [0.3, 0.4) is 0 Å².